The van der Waals surface area contributed by atoms with Crippen LogP contribution in [-0.2, 0) is 0 Å². The van der Waals surface area contributed by atoms with Gasteiger partial charge in [-0.2, -0.15) is 0 Å². The Morgan fingerprint density at radius 1 is 1.21 bits per heavy atom. The van der Waals surface area contributed by atoms with Gasteiger partial charge in [-0.1, -0.05) is 13.3 Å². The number of carbonyl (C=O) groups excluding carboxylic acids is 1. The number of imidazole rings is 1. The first-order valence-electron chi connectivity index (χ1n) is 8.99. The van der Waals surface area contributed by atoms with Crippen molar-refractivity contribution >= 4 is 5.91 Å². The fraction of sp³-hybridized carbons (Fsp3) is 0.526. The van der Waals surface area contributed by atoms with Gasteiger partial charge < -0.3 is 4.90 Å². The van der Waals surface area contributed by atoms with E-state index in [-0.39, 0.29) is 5.91 Å². The van der Waals surface area contributed by atoms with Crippen LogP contribution in [0.25, 0.3) is 5.82 Å². The summed E-state index contributed by atoms with van der Waals surface area (Å²) in [5.41, 5.74) is 0.692. The number of aromatic nitrogens is 3. The van der Waals surface area contributed by atoms with Crippen molar-refractivity contribution in [3.63, 3.8) is 0 Å². The Kier molecular flexibility index (Phi) is 4.08. The second kappa shape index (κ2) is 6.38. The van der Waals surface area contributed by atoms with Gasteiger partial charge in [0, 0.05) is 31.2 Å². The topological polar surface area (TPSA) is 51.0 Å². The van der Waals surface area contributed by atoms with Crippen molar-refractivity contribution in [1.29, 1.82) is 0 Å². The molecule has 24 heavy (non-hydrogen) atoms. The van der Waals surface area contributed by atoms with Crippen LogP contribution in [0.3, 0.4) is 0 Å². The highest BCUT2D eigenvalue weighted by Gasteiger charge is 2.39. The van der Waals surface area contributed by atoms with Gasteiger partial charge in [0.25, 0.3) is 5.91 Å². The van der Waals surface area contributed by atoms with Crippen LogP contribution >= 0.6 is 0 Å². The summed E-state index contributed by atoms with van der Waals surface area (Å²) in [5.74, 6) is 2.21. The Hall–Kier alpha value is -2.17. The van der Waals surface area contributed by atoms with Crippen LogP contribution in [0, 0.1) is 11.8 Å². The minimum Gasteiger partial charge on any atom is -0.335 e. The van der Waals surface area contributed by atoms with Crippen molar-refractivity contribution in [2.75, 3.05) is 6.54 Å². The molecule has 0 unspecified atom stereocenters. The Morgan fingerprint density at radius 3 is 2.83 bits per heavy atom. The monoisotopic (exact) mass is 324 g/mol. The third-order valence-electron chi connectivity index (χ3n) is 5.66. The maximum Gasteiger partial charge on any atom is 0.255 e. The summed E-state index contributed by atoms with van der Waals surface area (Å²) in [7, 11) is 0. The van der Waals surface area contributed by atoms with Crippen LogP contribution < -0.4 is 0 Å². The predicted molar refractivity (Wildman–Crippen MR) is 91.9 cm³/mol. The number of fused-ring (bicyclic) bond motifs is 1. The van der Waals surface area contributed by atoms with Crippen LogP contribution in [0.5, 0.6) is 0 Å². The third kappa shape index (κ3) is 2.72. The lowest BCUT2D eigenvalue weighted by Gasteiger charge is -2.47. The molecule has 4 rings (SSSR count). The molecule has 3 heterocycles. The molecule has 0 bridgehead atoms. The van der Waals surface area contributed by atoms with Crippen LogP contribution in [0.1, 0.15) is 49.4 Å². The number of amides is 1. The van der Waals surface area contributed by atoms with E-state index in [0.29, 0.717) is 23.4 Å². The molecule has 1 saturated carbocycles. The van der Waals surface area contributed by atoms with E-state index >= 15 is 0 Å². The Morgan fingerprint density at radius 2 is 2.08 bits per heavy atom. The first-order chi connectivity index (χ1) is 11.7. The van der Waals surface area contributed by atoms with Crippen molar-refractivity contribution < 1.29 is 4.79 Å². The molecule has 2 fully saturated rings. The highest BCUT2D eigenvalue weighted by atomic mass is 16.2. The molecule has 1 aliphatic carbocycles. The molecule has 0 spiro atoms. The van der Waals surface area contributed by atoms with Gasteiger partial charge in [0.05, 0.1) is 5.56 Å². The molecule has 0 N–H and O–H groups in total. The van der Waals surface area contributed by atoms with Gasteiger partial charge in [-0.15, -0.1) is 0 Å². The number of nitrogens with zero attached hydrogens (tertiary/aromatic N) is 4. The van der Waals surface area contributed by atoms with E-state index < -0.39 is 0 Å². The van der Waals surface area contributed by atoms with Crippen molar-refractivity contribution in [2.45, 2.75) is 45.1 Å². The molecule has 5 nitrogen and oxygen atoms in total. The Balaban J connectivity index is 1.56. The molecular formula is C19H24N4O. The van der Waals surface area contributed by atoms with Gasteiger partial charge in [0.15, 0.2) is 0 Å². The van der Waals surface area contributed by atoms with Crippen LogP contribution in [0.15, 0.2) is 37.1 Å². The van der Waals surface area contributed by atoms with E-state index in [2.05, 4.69) is 21.8 Å². The quantitative estimate of drug-likeness (QED) is 0.851. The molecule has 1 aliphatic heterocycles. The van der Waals surface area contributed by atoms with Crippen molar-refractivity contribution in [2.24, 2.45) is 11.8 Å². The summed E-state index contributed by atoms with van der Waals surface area (Å²) in [6, 6.07) is 4.19. The summed E-state index contributed by atoms with van der Waals surface area (Å²) in [6.07, 6.45) is 13.2. The van der Waals surface area contributed by atoms with Gasteiger partial charge in [-0.05, 0) is 49.7 Å². The van der Waals surface area contributed by atoms with E-state index in [1.165, 1.54) is 25.7 Å². The zero-order chi connectivity index (χ0) is 16.5. The molecule has 2 aliphatic rings. The first kappa shape index (κ1) is 15.4. The van der Waals surface area contributed by atoms with E-state index in [9.17, 15) is 4.79 Å². The molecule has 5 heteroatoms. The molecule has 1 saturated heterocycles. The van der Waals surface area contributed by atoms with Gasteiger partial charge in [0.2, 0.25) is 0 Å². The van der Waals surface area contributed by atoms with Gasteiger partial charge >= 0.3 is 0 Å². The number of likely N-dealkylation sites (tertiary alicyclic amines) is 1. The molecule has 1 amide bonds. The summed E-state index contributed by atoms with van der Waals surface area (Å²) in [5, 5.41) is 0. The lowest BCUT2D eigenvalue weighted by atomic mass is 9.73. The normalized spacial score (nSPS) is 26.9. The lowest BCUT2D eigenvalue weighted by Crippen LogP contribution is -2.53. The van der Waals surface area contributed by atoms with Gasteiger partial charge in [-0.25, -0.2) is 9.97 Å². The minimum absolute atomic E-state index is 0.142. The smallest absolute Gasteiger partial charge is 0.255 e. The molecular weight excluding hydrogens is 300 g/mol. The first-order valence-corrected chi connectivity index (χ1v) is 8.99. The summed E-state index contributed by atoms with van der Waals surface area (Å²) < 4.78 is 1.84. The van der Waals surface area contributed by atoms with Crippen LogP contribution in [0.4, 0.5) is 0 Å². The summed E-state index contributed by atoms with van der Waals surface area (Å²) >= 11 is 0. The van der Waals surface area contributed by atoms with E-state index in [1.807, 2.05) is 22.9 Å². The molecule has 126 valence electrons. The zero-order valence-electron chi connectivity index (χ0n) is 14.1. The third-order valence-corrected chi connectivity index (χ3v) is 5.66. The lowest BCUT2D eigenvalue weighted by molar-refractivity contribution is 0.0211. The van der Waals surface area contributed by atoms with E-state index in [1.54, 1.807) is 18.7 Å². The Bertz CT molecular complexity index is 693. The second-order valence-corrected chi connectivity index (χ2v) is 7.17. The van der Waals surface area contributed by atoms with Crippen molar-refractivity contribution in [1.82, 2.24) is 19.4 Å². The molecule has 2 aromatic rings. The van der Waals surface area contributed by atoms with Gasteiger partial charge in [-0.3, -0.25) is 9.36 Å². The zero-order valence-corrected chi connectivity index (χ0v) is 14.1. The number of rotatable bonds is 2. The average molecular weight is 324 g/mol. The number of hydrogen-bond acceptors (Lipinski definition) is 3. The van der Waals surface area contributed by atoms with E-state index in [4.69, 9.17) is 0 Å². The highest BCUT2D eigenvalue weighted by Crippen LogP contribution is 2.39. The summed E-state index contributed by atoms with van der Waals surface area (Å²) in [4.78, 5) is 23.7. The van der Waals surface area contributed by atoms with Crippen molar-refractivity contribution in [3.05, 3.63) is 42.6 Å². The number of hydrogen-bond donors (Lipinski definition) is 0. The molecule has 0 aromatic carbocycles. The minimum atomic E-state index is 0.142. The highest BCUT2D eigenvalue weighted by molar-refractivity contribution is 5.94. The summed E-state index contributed by atoms with van der Waals surface area (Å²) in [6.45, 7) is 3.19. The fourth-order valence-electron chi connectivity index (χ4n) is 4.52. The SMILES string of the molecule is C[C@@H]1CCC[C@H]2CCCN(C(=O)c3ccc(-n4ccnc4)nc3)[C@@H]21. The second-order valence-electron chi connectivity index (χ2n) is 7.17. The Labute approximate surface area is 142 Å². The maximum absolute atomic E-state index is 13.1. The number of piperidine rings is 1. The number of pyridine rings is 1. The molecule has 3 atom stereocenters. The molecule has 2 aromatic heterocycles. The number of carbonyl (C=O) groups is 1. The average Bonchev–Trinajstić information content (AvgIpc) is 3.16. The van der Waals surface area contributed by atoms with Crippen LogP contribution in [0.2, 0.25) is 0 Å². The van der Waals surface area contributed by atoms with Crippen molar-refractivity contribution in [3.8, 4) is 5.82 Å². The fourth-order valence-corrected chi connectivity index (χ4v) is 4.52. The molecule has 0 radical (unpaired) electrons. The largest absolute Gasteiger partial charge is 0.335 e. The predicted octanol–water partition coefficient (Wildman–Crippen LogP) is 3.31. The van der Waals surface area contributed by atoms with Gasteiger partial charge in [0.1, 0.15) is 12.1 Å². The standard InChI is InChI=1S/C19H24N4O/c1-14-4-2-5-15-6-3-10-23(18(14)15)19(24)16-7-8-17(21-12-16)22-11-9-20-13-22/h7-9,11-15,18H,2-6,10H2,1H3/t14-,15+,18-/m1/s1. The maximum atomic E-state index is 13.1. The van der Waals surface area contributed by atoms with Crippen LogP contribution in [-0.4, -0.2) is 37.9 Å². The van der Waals surface area contributed by atoms with E-state index in [0.717, 1.165) is 18.8 Å².